The van der Waals surface area contributed by atoms with E-state index >= 15 is 0 Å². The largest absolute Gasteiger partial charge is 0.158 e. The number of aromatic nitrogens is 2. The molecule has 0 saturated carbocycles. The molecule has 0 spiro atoms. The summed E-state index contributed by atoms with van der Waals surface area (Å²) in [4.78, 5) is 0. The molecular weight excluding hydrogens is 340 g/mol. The lowest BCUT2D eigenvalue weighted by Crippen LogP contribution is -2.13. The third-order valence-corrected chi connectivity index (χ3v) is 6.30. The van der Waals surface area contributed by atoms with E-state index < -0.39 is 0 Å². The maximum absolute atomic E-state index is 4.61. The lowest BCUT2D eigenvalue weighted by Gasteiger charge is -2.27. The van der Waals surface area contributed by atoms with Crippen molar-refractivity contribution in [3.63, 3.8) is 0 Å². The van der Waals surface area contributed by atoms with Crippen LogP contribution in [0.2, 0.25) is 0 Å². The Kier molecular flexibility index (Phi) is 3.45. The average Bonchev–Trinajstić information content (AvgIpc) is 2.78. The number of nitrogens with zero attached hydrogens (tertiary/aromatic N) is 2. The smallest absolute Gasteiger partial charge is 0.0784 e. The Morgan fingerprint density at radius 1 is 0.679 bits per heavy atom. The van der Waals surface area contributed by atoms with Crippen molar-refractivity contribution in [1.29, 1.82) is 0 Å². The molecule has 28 heavy (non-hydrogen) atoms. The molecule has 0 bridgehead atoms. The molecule has 1 unspecified atom stereocenters. The Morgan fingerprint density at radius 3 is 2.39 bits per heavy atom. The van der Waals surface area contributed by atoms with Gasteiger partial charge < -0.3 is 0 Å². The van der Waals surface area contributed by atoms with Crippen LogP contribution in [0.3, 0.4) is 0 Å². The van der Waals surface area contributed by atoms with Crippen molar-refractivity contribution in [1.82, 2.24) is 10.2 Å². The molecule has 0 aliphatic heterocycles. The normalized spacial score (nSPS) is 16.5. The van der Waals surface area contributed by atoms with Gasteiger partial charge in [-0.25, -0.2) is 0 Å². The molecule has 1 heterocycles. The maximum atomic E-state index is 4.61. The van der Waals surface area contributed by atoms with Gasteiger partial charge in [-0.1, -0.05) is 72.8 Å². The molecule has 0 saturated heterocycles. The van der Waals surface area contributed by atoms with Gasteiger partial charge >= 0.3 is 0 Å². The number of benzene rings is 4. The first-order valence-corrected chi connectivity index (χ1v) is 10.0. The van der Waals surface area contributed by atoms with Gasteiger partial charge in [0.15, 0.2) is 0 Å². The van der Waals surface area contributed by atoms with Crippen LogP contribution < -0.4 is 0 Å². The van der Waals surface area contributed by atoms with Crippen LogP contribution in [0, 0.1) is 0 Å². The highest BCUT2D eigenvalue weighted by Crippen LogP contribution is 2.42. The zero-order chi connectivity index (χ0) is 18.5. The van der Waals surface area contributed by atoms with Crippen LogP contribution in [0.4, 0.5) is 0 Å². The Hall–Kier alpha value is -3.26. The van der Waals surface area contributed by atoms with Crippen LogP contribution in [0.1, 0.15) is 35.6 Å². The fraction of sp³-hybridized carbons (Fsp3) is 0.154. The Labute approximate surface area is 163 Å². The summed E-state index contributed by atoms with van der Waals surface area (Å²) in [5, 5.41) is 16.7. The minimum atomic E-state index is 0.318. The molecule has 1 atom stereocenters. The molecule has 0 N–H and O–H groups in total. The van der Waals surface area contributed by atoms with Crippen molar-refractivity contribution in [2.24, 2.45) is 0 Å². The quantitative estimate of drug-likeness (QED) is 0.323. The average molecular weight is 360 g/mol. The first kappa shape index (κ1) is 15.8. The Morgan fingerprint density at radius 2 is 1.46 bits per heavy atom. The fourth-order valence-electron chi connectivity index (χ4n) is 5.00. The van der Waals surface area contributed by atoms with Crippen molar-refractivity contribution in [3.05, 3.63) is 95.8 Å². The predicted molar refractivity (Wildman–Crippen MR) is 116 cm³/mol. The topological polar surface area (TPSA) is 25.8 Å². The number of rotatable bonds is 1. The number of hydrogen-bond acceptors (Lipinski definition) is 2. The predicted octanol–water partition coefficient (Wildman–Crippen LogP) is 6.40. The van der Waals surface area contributed by atoms with Gasteiger partial charge in [0.05, 0.1) is 11.9 Å². The van der Waals surface area contributed by atoms with Crippen LogP contribution in [-0.2, 0) is 6.42 Å². The van der Waals surface area contributed by atoms with Crippen molar-refractivity contribution in [2.75, 3.05) is 0 Å². The zero-order valence-corrected chi connectivity index (χ0v) is 15.6. The summed E-state index contributed by atoms with van der Waals surface area (Å²) in [6.07, 6.45) is 5.33. The molecule has 1 aromatic heterocycles. The van der Waals surface area contributed by atoms with Crippen LogP contribution in [0.5, 0.6) is 0 Å². The van der Waals surface area contributed by atoms with Crippen LogP contribution >= 0.6 is 0 Å². The van der Waals surface area contributed by atoms with E-state index in [0.717, 1.165) is 18.5 Å². The molecule has 0 amide bonds. The minimum absolute atomic E-state index is 0.318. The van der Waals surface area contributed by atoms with Gasteiger partial charge in [-0.05, 0) is 51.9 Å². The summed E-state index contributed by atoms with van der Waals surface area (Å²) < 4.78 is 0. The summed E-state index contributed by atoms with van der Waals surface area (Å²) in [6.45, 7) is 0. The SMILES string of the molecule is c1ccc2c(C3CCCc4c3ccc3c4ccc4ccccc43)nncc2c1. The van der Waals surface area contributed by atoms with Crippen LogP contribution in [0.25, 0.3) is 32.3 Å². The second kappa shape index (κ2) is 6.13. The molecule has 0 fully saturated rings. The van der Waals surface area contributed by atoms with Gasteiger partial charge in [0.2, 0.25) is 0 Å². The lowest BCUT2D eigenvalue weighted by atomic mass is 9.77. The standard InChI is InChI=1S/C26H20N2/c1-3-8-19-17(6-1)12-13-23-21-10-5-11-25(24(21)15-14-22(19)23)26-20-9-4-2-7-18(20)16-27-28-26/h1-4,6-9,12-16,25H,5,10-11H2. The highest BCUT2D eigenvalue weighted by Gasteiger charge is 2.26. The van der Waals surface area contributed by atoms with E-state index in [9.17, 15) is 0 Å². The maximum Gasteiger partial charge on any atom is 0.0784 e. The number of fused-ring (bicyclic) bond motifs is 6. The zero-order valence-electron chi connectivity index (χ0n) is 15.6. The second-order valence-corrected chi connectivity index (χ2v) is 7.78. The van der Waals surface area contributed by atoms with E-state index in [1.54, 1.807) is 0 Å². The van der Waals surface area contributed by atoms with Gasteiger partial charge in [-0.2, -0.15) is 10.2 Å². The van der Waals surface area contributed by atoms with Gasteiger partial charge in [-0.3, -0.25) is 0 Å². The molecule has 1 aliphatic rings. The van der Waals surface area contributed by atoms with Crippen LogP contribution in [-0.4, -0.2) is 10.2 Å². The summed E-state index contributed by atoms with van der Waals surface area (Å²) in [5.41, 5.74) is 4.05. The first-order chi connectivity index (χ1) is 13.9. The summed E-state index contributed by atoms with van der Waals surface area (Å²) in [6, 6.07) is 26.4. The highest BCUT2D eigenvalue weighted by atomic mass is 15.1. The second-order valence-electron chi connectivity index (χ2n) is 7.78. The Balaban J connectivity index is 1.61. The van der Waals surface area contributed by atoms with E-state index in [2.05, 4.69) is 83.0 Å². The van der Waals surface area contributed by atoms with Crippen molar-refractivity contribution in [3.8, 4) is 0 Å². The lowest BCUT2D eigenvalue weighted by molar-refractivity contribution is 0.605. The van der Waals surface area contributed by atoms with E-state index in [1.807, 2.05) is 6.20 Å². The third-order valence-electron chi connectivity index (χ3n) is 6.30. The third kappa shape index (κ3) is 2.27. The Bertz CT molecular complexity index is 1350. The van der Waals surface area contributed by atoms with Crippen LogP contribution in [0.15, 0.2) is 79.0 Å². The fourth-order valence-corrected chi connectivity index (χ4v) is 5.00. The van der Waals surface area contributed by atoms with Crippen molar-refractivity contribution < 1.29 is 0 Å². The van der Waals surface area contributed by atoms with Gasteiger partial charge in [0.1, 0.15) is 0 Å². The van der Waals surface area contributed by atoms with Crippen molar-refractivity contribution >= 4 is 32.3 Å². The van der Waals surface area contributed by atoms with Gasteiger partial charge in [0.25, 0.3) is 0 Å². The molecule has 2 nitrogen and oxygen atoms in total. The molecule has 4 aromatic carbocycles. The van der Waals surface area contributed by atoms with Crippen molar-refractivity contribution in [2.45, 2.75) is 25.2 Å². The monoisotopic (exact) mass is 360 g/mol. The molecule has 5 aromatic rings. The molecular formula is C26H20N2. The van der Waals surface area contributed by atoms with E-state index in [1.165, 1.54) is 49.9 Å². The molecule has 2 heteroatoms. The molecule has 1 aliphatic carbocycles. The summed E-state index contributed by atoms with van der Waals surface area (Å²) in [5.74, 6) is 0.318. The first-order valence-electron chi connectivity index (χ1n) is 10.0. The molecule has 0 radical (unpaired) electrons. The highest BCUT2D eigenvalue weighted by molar-refractivity contribution is 6.08. The summed E-state index contributed by atoms with van der Waals surface area (Å²) >= 11 is 0. The van der Waals surface area contributed by atoms with Gasteiger partial charge in [0, 0.05) is 16.7 Å². The minimum Gasteiger partial charge on any atom is -0.158 e. The molecule has 134 valence electrons. The van der Waals surface area contributed by atoms with E-state index in [4.69, 9.17) is 0 Å². The number of aryl methyl sites for hydroxylation is 1. The van der Waals surface area contributed by atoms with Gasteiger partial charge in [-0.15, -0.1) is 0 Å². The molecule has 6 rings (SSSR count). The van der Waals surface area contributed by atoms with E-state index in [-0.39, 0.29) is 0 Å². The number of hydrogen-bond donors (Lipinski definition) is 0. The van der Waals surface area contributed by atoms with E-state index in [0.29, 0.717) is 5.92 Å². The summed E-state index contributed by atoms with van der Waals surface area (Å²) in [7, 11) is 0.